The van der Waals surface area contributed by atoms with E-state index in [2.05, 4.69) is 16.3 Å². The summed E-state index contributed by atoms with van der Waals surface area (Å²) >= 11 is 15.6. The lowest BCUT2D eigenvalue weighted by Gasteiger charge is -2.11. The summed E-state index contributed by atoms with van der Waals surface area (Å²) < 4.78 is 28.3. The molecule has 1 aromatic rings. The number of benzene rings is 1. The topological polar surface area (TPSA) is 9.23 Å². The molecule has 0 aliphatic rings. The minimum absolute atomic E-state index is 0.0205. The second-order valence-electron chi connectivity index (χ2n) is 2.12. The normalized spacial score (nSPS) is 11.5. The highest BCUT2D eigenvalue weighted by Crippen LogP contribution is 2.32. The Bertz CT molecular complexity index is 311. The van der Waals surface area contributed by atoms with E-state index in [9.17, 15) is 8.78 Å². The van der Waals surface area contributed by atoms with Crippen molar-refractivity contribution in [1.82, 2.24) is 0 Å². The van der Waals surface area contributed by atoms with Gasteiger partial charge >= 0.3 is 5.57 Å². The van der Waals surface area contributed by atoms with Crippen molar-refractivity contribution in [2.24, 2.45) is 0 Å². The summed E-state index contributed by atoms with van der Waals surface area (Å²) in [6.07, 6.45) is 0. The van der Waals surface area contributed by atoms with Gasteiger partial charge in [-0.2, -0.15) is 0 Å². The number of ether oxygens (including phenoxy) is 1. The summed E-state index contributed by atoms with van der Waals surface area (Å²) in [7, 11) is 0. The standard InChI is InChI=1S/C7H3Cl3F2O/c8-4-1-2-6(5(9)3-4)13-7(10,11)12/h1-3H. The number of halogens is 5. The van der Waals surface area contributed by atoms with Gasteiger partial charge in [0.25, 0.3) is 0 Å². The fraction of sp³-hybridized carbons (Fsp3) is 0.143. The number of hydrogen-bond acceptors (Lipinski definition) is 1. The number of alkyl halides is 3. The number of hydrogen-bond donors (Lipinski definition) is 0. The van der Waals surface area contributed by atoms with Crippen molar-refractivity contribution in [3.05, 3.63) is 28.2 Å². The van der Waals surface area contributed by atoms with Crippen LogP contribution in [0.2, 0.25) is 10.0 Å². The van der Waals surface area contributed by atoms with Gasteiger partial charge in [0.2, 0.25) is 0 Å². The third-order valence-corrected chi connectivity index (χ3v) is 1.73. The highest BCUT2D eigenvalue weighted by atomic mass is 35.5. The lowest BCUT2D eigenvalue weighted by atomic mass is 10.3. The van der Waals surface area contributed by atoms with Crippen molar-refractivity contribution in [2.45, 2.75) is 5.57 Å². The van der Waals surface area contributed by atoms with Crippen LogP contribution in [-0.4, -0.2) is 5.57 Å². The second-order valence-corrected chi connectivity index (χ2v) is 3.41. The molecule has 0 unspecified atom stereocenters. The molecule has 13 heavy (non-hydrogen) atoms. The average Bonchev–Trinajstić information content (AvgIpc) is 1.93. The molecule has 72 valence electrons. The molecule has 0 radical (unpaired) electrons. The Morgan fingerprint density at radius 2 is 1.85 bits per heavy atom. The predicted molar refractivity (Wildman–Crippen MR) is 47.9 cm³/mol. The lowest BCUT2D eigenvalue weighted by molar-refractivity contribution is -0.0964. The molecule has 1 nitrogen and oxygen atoms in total. The Morgan fingerprint density at radius 1 is 1.23 bits per heavy atom. The van der Waals surface area contributed by atoms with Crippen LogP contribution in [0, 0.1) is 0 Å². The maximum atomic E-state index is 12.1. The van der Waals surface area contributed by atoms with E-state index < -0.39 is 5.57 Å². The Morgan fingerprint density at radius 3 is 2.31 bits per heavy atom. The second kappa shape index (κ2) is 3.86. The van der Waals surface area contributed by atoms with Crippen molar-refractivity contribution in [1.29, 1.82) is 0 Å². The van der Waals surface area contributed by atoms with E-state index in [1.165, 1.54) is 18.2 Å². The van der Waals surface area contributed by atoms with E-state index in [0.29, 0.717) is 5.02 Å². The van der Waals surface area contributed by atoms with Crippen LogP contribution < -0.4 is 4.74 Å². The van der Waals surface area contributed by atoms with Crippen LogP contribution in [0.4, 0.5) is 8.78 Å². The van der Waals surface area contributed by atoms with Crippen LogP contribution in [0.25, 0.3) is 0 Å². The fourth-order valence-electron chi connectivity index (χ4n) is 0.683. The van der Waals surface area contributed by atoms with Crippen LogP contribution in [-0.2, 0) is 0 Å². The SMILES string of the molecule is FC(F)(Cl)Oc1ccc(Cl)cc1Cl. The van der Waals surface area contributed by atoms with Gasteiger partial charge in [-0.25, -0.2) is 0 Å². The van der Waals surface area contributed by atoms with Gasteiger partial charge in [0.1, 0.15) is 5.75 Å². The Balaban J connectivity index is 2.90. The molecule has 0 aliphatic carbocycles. The zero-order valence-electron chi connectivity index (χ0n) is 6.03. The molecule has 0 aliphatic heterocycles. The van der Waals surface area contributed by atoms with Gasteiger partial charge in [-0.05, 0) is 18.2 Å². The first-order valence-electron chi connectivity index (χ1n) is 3.09. The molecule has 0 aromatic heterocycles. The van der Waals surface area contributed by atoms with Crippen LogP contribution in [0.15, 0.2) is 18.2 Å². The molecule has 0 fully saturated rings. The molecular formula is C7H3Cl3F2O. The van der Waals surface area contributed by atoms with Gasteiger partial charge in [0.05, 0.1) is 5.02 Å². The van der Waals surface area contributed by atoms with Crippen molar-refractivity contribution >= 4 is 34.8 Å². The summed E-state index contributed by atoms with van der Waals surface area (Å²) in [4.78, 5) is 0. The Kier molecular flexibility index (Phi) is 3.22. The summed E-state index contributed by atoms with van der Waals surface area (Å²) in [6.45, 7) is 0. The van der Waals surface area contributed by atoms with E-state index in [4.69, 9.17) is 23.2 Å². The fourth-order valence-corrected chi connectivity index (χ4v) is 1.21. The highest BCUT2D eigenvalue weighted by molar-refractivity contribution is 6.35. The maximum Gasteiger partial charge on any atom is 0.487 e. The van der Waals surface area contributed by atoms with Gasteiger partial charge in [-0.3, -0.25) is 0 Å². The van der Waals surface area contributed by atoms with Crippen molar-refractivity contribution in [3.63, 3.8) is 0 Å². The quantitative estimate of drug-likeness (QED) is 0.713. The first kappa shape index (κ1) is 10.8. The Hall–Kier alpha value is -0.250. The zero-order chi connectivity index (χ0) is 10.1. The van der Waals surface area contributed by atoms with Crippen LogP contribution in [0.3, 0.4) is 0 Å². The first-order chi connectivity index (χ1) is 5.88. The largest absolute Gasteiger partial charge is 0.487 e. The molecule has 0 N–H and O–H groups in total. The van der Waals surface area contributed by atoms with E-state index in [1.807, 2.05) is 0 Å². The van der Waals surface area contributed by atoms with Gasteiger partial charge in [0, 0.05) is 16.6 Å². The van der Waals surface area contributed by atoms with Gasteiger partial charge in [0.15, 0.2) is 0 Å². The van der Waals surface area contributed by atoms with Crippen LogP contribution in [0.5, 0.6) is 5.75 Å². The summed E-state index contributed by atoms with van der Waals surface area (Å²) in [6, 6.07) is 3.85. The summed E-state index contributed by atoms with van der Waals surface area (Å²) in [5, 5.41) is 0.308. The van der Waals surface area contributed by atoms with E-state index in [0.717, 1.165) is 0 Å². The molecule has 0 bridgehead atoms. The minimum atomic E-state index is -3.77. The summed E-state index contributed by atoms with van der Waals surface area (Å²) in [5.74, 6) is -0.217. The Labute approximate surface area is 88.2 Å². The number of rotatable bonds is 2. The van der Waals surface area contributed by atoms with E-state index in [1.54, 1.807) is 0 Å². The third-order valence-electron chi connectivity index (χ3n) is 1.12. The van der Waals surface area contributed by atoms with E-state index >= 15 is 0 Å². The maximum absolute atomic E-state index is 12.1. The molecule has 0 amide bonds. The molecule has 0 heterocycles. The zero-order valence-corrected chi connectivity index (χ0v) is 8.30. The first-order valence-corrected chi connectivity index (χ1v) is 4.23. The third kappa shape index (κ3) is 3.55. The molecular weight excluding hydrogens is 244 g/mol. The predicted octanol–water partition coefficient (Wildman–Crippen LogP) is 4.16. The van der Waals surface area contributed by atoms with Gasteiger partial charge in [-0.15, -0.1) is 8.78 Å². The van der Waals surface area contributed by atoms with E-state index in [-0.39, 0.29) is 10.8 Å². The molecule has 1 rings (SSSR count). The molecule has 0 atom stereocenters. The van der Waals surface area contributed by atoms with Crippen molar-refractivity contribution in [3.8, 4) is 5.75 Å². The molecule has 0 saturated carbocycles. The van der Waals surface area contributed by atoms with Crippen molar-refractivity contribution in [2.75, 3.05) is 0 Å². The molecule has 6 heteroatoms. The lowest BCUT2D eigenvalue weighted by Crippen LogP contribution is -2.15. The summed E-state index contributed by atoms with van der Waals surface area (Å²) in [5.41, 5.74) is -3.77. The average molecular weight is 247 g/mol. The minimum Gasteiger partial charge on any atom is -0.418 e. The van der Waals surface area contributed by atoms with Gasteiger partial charge in [-0.1, -0.05) is 23.2 Å². The van der Waals surface area contributed by atoms with Crippen LogP contribution in [0.1, 0.15) is 0 Å². The van der Waals surface area contributed by atoms with Gasteiger partial charge < -0.3 is 4.74 Å². The molecule has 0 spiro atoms. The van der Waals surface area contributed by atoms with Crippen LogP contribution >= 0.6 is 34.8 Å². The smallest absolute Gasteiger partial charge is 0.418 e. The van der Waals surface area contributed by atoms with Crippen molar-refractivity contribution < 1.29 is 13.5 Å². The molecule has 1 aromatic carbocycles. The monoisotopic (exact) mass is 246 g/mol. The highest BCUT2D eigenvalue weighted by Gasteiger charge is 2.28. The molecule has 0 saturated heterocycles.